The minimum absolute atomic E-state index is 0.598. The first-order valence-corrected chi connectivity index (χ1v) is 11.0. The van der Waals surface area contributed by atoms with E-state index in [9.17, 15) is 0 Å². The fourth-order valence-electron chi connectivity index (χ4n) is 5.75. The molecular formula is C23H44. The van der Waals surface area contributed by atoms with E-state index in [0.29, 0.717) is 10.8 Å². The Hall–Kier alpha value is 0. The zero-order valence-corrected chi connectivity index (χ0v) is 16.8. The summed E-state index contributed by atoms with van der Waals surface area (Å²) in [6.45, 7) is 10.3. The smallest absolute Gasteiger partial charge is 0.0297 e. The molecule has 0 aromatic carbocycles. The molecule has 0 heterocycles. The first-order chi connectivity index (χ1) is 11.0. The van der Waals surface area contributed by atoms with E-state index >= 15 is 0 Å². The van der Waals surface area contributed by atoms with Gasteiger partial charge in [-0.2, -0.15) is 0 Å². The monoisotopic (exact) mass is 320 g/mol. The maximum absolute atomic E-state index is 2.64. The second kappa shape index (κ2) is 8.91. The van der Waals surface area contributed by atoms with Crippen molar-refractivity contribution < 1.29 is 0 Å². The summed E-state index contributed by atoms with van der Waals surface area (Å²) >= 11 is 0. The molecule has 2 fully saturated rings. The molecule has 0 N–H and O–H groups in total. The highest BCUT2D eigenvalue weighted by molar-refractivity contribution is 4.89. The van der Waals surface area contributed by atoms with Crippen molar-refractivity contribution in [3.63, 3.8) is 0 Å². The minimum Gasteiger partial charge on any atom is -0.0649 e. The van der Waals surface area contributed by atoms with Crippen LogP contribution in [0.2, 0.25) is 0 Å². The van der Waals surface area contributed by atoms with Gasteiger partial charge in [-0.25, -0.2) is 0 Å². The second-order valence-corrected chi connectivity index (χ2v) is 9.81. The zero-order chi connectivity index (χ0) is 16.8. The van der Waals surface area contributed by atoms with Crippen LogP contribution in [-0.4, -0.2) is 0 Å². The molecule has 0 spiro atoms. The van der Waals surface area contributed by atoms with E-state index in [1.165, 1.54) is 96.3 Å². The van der Waals surface area contributed by atoms with Crippen molar-refractivity contribution in [3.05, 3.63) is 0 Å². The van der Waals surface area contributed by atoms with Crippen molar-refractivity contribution in [2.45, 2.75) is 124 Å². The molecule has 2 aliphatic rings. The van der Waals surface area contributed by atoms with Crippen LogP contribution in [0.5, 0.6) is 0 Å². The highest BCUT2D eigenvalue weighted by Crippen LogP contribution is 2.49. The normalized spacial score (nSPS) is 32.3. The lowest BCUT2D eigenvalue weighted by molar-refractivity contribution is 0.0541. The maximum Gasteiger partial charge on any atom is -0.0297 e. The molecule has 0 nitrogen and oxygen atoms in total. The third kappa shape index (κ3) is 5.50. The predicted molar refractivity (Wildman–Crippen MR) is 104 cm³/mol. The number of rotatable bonds is 5. The largest absolute Gasteiger partial charge is 0.0649 e. The van der Waals surface area contributed by atoms with Crippen LogP contribution in [0, 0.1) is 22.7 Å². The quantitative estimate of drug-likeness (QED) is 0.479. The summed E-state index contributed by atoms with van der Waals surface area (Å²) in [6, 6.07) is 0. The van der Waals surface area contributed by atoms with E-state index in [1.54, 1.807) is 0 Å². The Morgan fingerprint density at radius 3 is 2.00 bits per heavy atom. The number of hydrogen-bond donors (Lipinski definition) is 0. The van der Waals surface area contributed by atoms with Crippen LogP contribution < -0.4 is 0 Å². The lowest BCUT2D eigenvalue weighted by Gasteiger charge is -2.45. The maximum atomic E-state index is 2.64. The van der Waals surface area contributed by atoms with Gasteiger partial charge in [0.25, 0.3) is 0 Å². The van der Waals surface area contributed by atoms with Crippen molar-refractivity contribution in [2.75, 3.05) is 0 Å². The summed E-state index contributed by atoms with van der Waals surface area (Å²) < 4.78 is 0. The second-order valence-electron chi connectivity index (χ2n) is 9.81. The van der Waals surface area contributed by atoms with E-state index < -0.39 is 0 Å². The highest BCUT2D eigenvalue weighted by atomic mass is 14.4. The summed E-state index contributed by atoms with van der Waals surface area (Å²) in [7, 11) is 0. The van der Waals surface area contributed by atoms with Gasteiger partial charge in [0.15, 0.2) is 0 Å². The average molecular weight is 321 g/mol. The Bertz CT molecular complexity index is 321. The molecule has 0 bridgehead atoms. The molecule has 2 rings (SSSR count). The Labute approximate surface area is 147 Å². The van der Waals surface area contributed by atoms with Gasteiger partial charge in [0.05, 0.1) is 0 Å². The molecule has 0 amide bonds. The van der Waals surface area contributed by atoms with Crippen LogP contribution in [0.1, 0.15) is 124 Å². The molecule has 2 aliphatic carbocycles. The first-order valence-electron chi connectivity index (χ1n) is 11.0. The van der Waals surface area contributed by atoms with E-state index in [2.05, 4.69) is 27.7 Å². The van der Waals surface area contributed by atoms with Gasteiger partial charge in [0, 0.05) is 0 Å². The third-order valence-corrected chi connectivity index (χ3v) is 7.92. The van der Waals surface area contributed by atoms with Crippen molar-refractivity contribution in [1.82, 2.24) is 0 Å². The molecule has 3 atom stereocenters. The Kier molecular flexibility index (Phi) is 7.49. The average Bonchev–Trinajstić information content (AvgIpc) is 2.66. The SMILES string of the molecule is CCC(C)(CCC1(C)CCCCCCCC1)C1CCCCC1C. The van der Waals surface area contributed by atoms with Gasteiger partial charge in [-0.05, 0) is 54.8 Å². The van der Waals surface area contributed by atoms with E-state index in [1.807, 2.05) is 0 Å². The van der Waals surface area contributed by atoms with Gasteiger partial charge in [-0.1, -0.05) is 91.9 Å². The summed E-state index contributed by atoms with van der Waals surface area (Å²) in [5.74, 6) is 1.95. The van der Waals surface area contributed by atoms with Crippen LogP contribution in [0.4, 0.5) is 0 Å². The third-order valence-electron chi connectivity index (χ3n) is 7.92. The van der Waals surface area contributed by atoms with Gasteiger partial charge < -0.3 is 0 Å². The standard InChI is InChI=1S/C23H44/c1-5-23(4,21-15-11-10-14-20(21)2)19-18-22(3)16-12-8-6-7-9-13-17-22/h20-21H,5-19H2,1-4H3. The van der Waals surface area contributed by atoms with Gasteiger partial charge in [0.2, 0.25) is 0 Å². The molecule has 0 aromatic heterocycles. The van der Waals surface area contributed by atoms with Gasteiger partial charge in [-0.3, -0.25) is 0 Å². The summed E-state index contributed by atoms with van der Waals surface area (Å²) in [6.07, 6.45) is 22.2. The lowest BCUT2D eigenvalue weighted by atomic mass is 9.60. The zero-order valence-electron chi connectivity index (χ0n) is 16.8. The topological polar surface area (TPSA) is 0 Å². The van der Waals surface area contributed by atoms with E-state index in [0.717, 1.165) is 11.8 Å². The van der Waals surface area contributed by atoms with Crippen molar-refractivity contribution in [2.24, 2.45) is 22.7 Å². The van der Waals surface area contributed by atoms with E-state index in [4.69, 9.17) is 0 Å². The summed E-state index contributed by atoms with van der Waals surface area (Å²) in [5, 5.41) is 0. The number of hydrogen-bond acceptors (Lipinski definition) is 0. The van der Waals surface area contributed by atoms with Crippen LogP contribution in [0.3, 0.4) is 0 Å². The molecule has 0 heteroatoms. The predicted octanol–water partition coefficient (Wildman–Crippen LogP) is 8.15. The van der Waals surface area contributed by atoms with E-state index in [-0.39, 0.29) is 0 Å². The van der Waals surface area contributed by atoms with Crippen molar-refractivity contribution in [3.8, 4) is 0 Å². The van der Waals surface area contributed by atoms with Crippen molar-refractivity contribution in [1.29, 1.82) is 0 Å². The van der Waals surface area contributed by atoms with Gasteiger partial charge in [-0.15, -0.1) is 0 Å². The summed E-state index contributed by atoms with van der Waals surface area (Å²) in [4.78, 5) is 0. The minimum atomic E-state index is 0.598. The molecule has 2 saturated carbocycles. The van der Waals surface area contributed by atoms with Crippen LogP contribution in [0.25, 0.3) is 0 Å². The molecule has 0 aromatic rings. The van der Waals surface area contributed by atoms with Crippen LogP contribution >= 0.6 is 0 Å². The Morgan fingerprint density at radius 2 is 1.43 bits per heavy atom. The van der Waals surface area contributed by atoms with Crippen LogP contribution in [-0.2, 0) is 0 Å². The highest BCUT2D eigenvalue weighted by Gasteiger charge is 2.38. The van der Waals surface area contributed by atoms with Gasteiger partial charge in [0.1, 0.15) is 0 Å². The summed E-state index contributed by atoms with van der Waals surface area (Å²) in [5.41, 5.74) is 1.24. The Morgan fingerprint density at radius 1 is 0.870 bits per heavy atom. The molecule has 0 radical (unpaired) electrons. The fraction of sp³-hybridized carbons (Fsp3) is 1.00. The molecule has 23 heavy (non-hydrogen) atoms. The molecule has 0 aliphatic heterocycles. The van der Waals surface area contributed by atoms with Crippen LogP contribution in [0.15, 0.2) is 0 Å². The fourth-order valence-corrected chi connectivity index (χ4v) is 5.75. The lowest BCUT2D eigenvalue weighted by Crippen LogP contribution is -2.35. The molecular weight excluding hydrogens is 276 g/mol. The molecule has 136 valence electrons. The van der Waals surface area contributed by atoms with Gasteiger partial charge >= 0.3 is 0 Å². The Balaban J connectivity index is 1.96. The molecule has 3 unspecified atom stereocenters. The van der Waals surface area contributed by atoms with Crippen molar-refractivity contribution >= 4 is 0 Å². The molecule has 0 saturated heterocycles. The first kappa shape index (κ1) is 19.3.